The van der Waals surface area contributed by atoms with Crippen molar-refractivity contribution in [3.05, 3.63) is 43.0 Å². The van der Waals surface area contributed by atoms with Gasteiger partial charge >= 0.3 is 0 Å². The zero-order valence-corrected chi connectivity index (χ0v) is 11.8. The summed E-state index contributed by atoms with van der Waals surface area (Å²) in [4.78, 5) is 16.2. The van der Waals surface area contributed by atoms with E-state index in [9.17, 15) is 4.79 Å². The SMILES string of the molecule is CCC(C)C(N)C(=O)Nc1ccccc1-n1ccnc1. The van der Waals surface area contributed by atoms with Gasteiger partial charge in [-0.15, -0.1) is 0 Å². The van der Waals surface area contributed by atoms with Gasteiger partial charge in [-0.2, -0.15) is 0 Å². The number of nitrogens with zero attached hydrogens (tertiary/aromatic N) is 2. The Morgan fingerprint density at radius 2 is 2.20 bits per heavy atom. The highest BCUT2D eigenvalue weighted by Gasteiger charge is 2.20. The van der Waals surface area contributed by atoms with Crippen molar-refractivity contribution in [1.29, 1.82) is 0 Å². The molecule has 0 spiro atoms. The third-order valence-corrected chi connectivity index (χ3v) is 3.50. The summed E-state index contributed by atoms with van der Waals surface area (Å²) in [6, 6.07) is 7.07. The molecule has 3 N–H and O–H groups in total. The van der Waals surface area contributed by atoms with Crippen LogP contribution in [0.1, 0.15) is 20.3 Å². The average Bonchev–Trinajstić information content (AvgIpc) is 3.00. The van der Waals surface area contributed by atoms with Gasteiger partial charge < -0.3 is 15.6 Å². The number of nitrogens with two attached hydrogens (primary N) is 1. The number of hydrogen-bond donors (Lipinski definition) is 2. The fraction of sp³-hybridized carbons (Fsp3) is 0.333. The van der Waals surface area contributed by atoms with E-state index in [1.165, 1.54) is 0 Å². The lowest BCUT2D eigenvalue weighted by Gasteiger charge is -2.19. The molecule has 2 aromatic rings. The van der Waals surface area contributed by atoms with Crippen LogP contribution in [0.2, 0.25) is 0 Å². The topological polar surface area (TPSA) is 72.9 Å². The summed E-state index contributed by atoms with van der Waals surface area (Å²) in [5.41, 5.74) is 7.56. The van der Waals surface area contributed by atoms with Gasteiger partial charge in [-0.3, -0.25) is 4.79 Å². The molecule has 5 heteroatoms. The first-order chi connectivity index (χ1) is 9.63. The zero-order chi connectivity index (χ0) is 14.5. The maximum absolute atomic E-state index is 12.2. The van der Waals surface area contributed by atoms with Crippen LogP contribution in [-0.2, 0) is 4.79 Å². The molecule has 2 rings (SSSR count). The molecule has 2 unspecified atom stereocenters. The van der Waals surface area contributed by atoms with Gasteiger partial charge in [-0.1, -0.05) is 32.4 Å². The summed E-state index contributed by atoms with van der Waals surface area (Å²) in [5, 5.41) is 2.90. The summed E-state index contributed by atoms with van der Waals surface area (Å²) in [6.07, 6.45) is 6.10. The Labute approximate surface area is 118 Å². The van der Waals surface area contributed by atoms with Crippen molar-refractivity contribution in [2.24, 2.45) is 11.7 Å². The fourth-order valence-electron chi connectivity index (χ4n) is 1.93. The highest BCUT2D eigenvalue weighted by Crippen LogP contribution is 2.20. The van der Waals surface area contributed by atoms with E-state index in [4.69, 9.17) is 5.73 Å². The first kappa shape index (κ1) is 14.3. The minimum atomic E-state index is -0.504. The van der Waals surface area contributed by atoms with Crippen molar-refractivity contribution in [3.63, 3.8) is 0 Å². The number of hydrogen-bond acceptors (Lipinski definition) is 3. The molecule has 5 nitrogen and oxygen atoms in total. The number of carbonyl (C=O) groups excluding carboxylic acids is 1. The normalized spacial score (nSPS) is 13.8. The van der Waals surface area contributed by atoms with Crippen molar-refractivity contribution in [2.45, 2.75) is 26.3 Å². The van der Waals surface area contributed by atoms with E-state index < -0.39 is 6.04 Å². The van der Waals surface area contributed by atoms with Gasteiger partial charge in [0.25, 0.3) is 0 Å². The molecule has 1 aromatic heterocycles. The van der Waals surface area contributed by atoms with Crippen molar-refractivity contribution in [2.75, 3.05) is 5.32 Å². The molecule has 0 aliphatic carbocycles. The molecule has 1 aromatic carbocycles. The average molecular weight is 272 g/mol. The molecule has 0 aliphatic rings. The van der Waals surface area contributed by atoms with Gasteiger partial charge in [-0.25, -0.2) is 4.98 Å². The van der Waals surface area contributed by atoms with Gasteiger partial charge in [0, 0.05) is 12.4 Å². The highest BCUT2D eigenvalue weighted by atomic mass is 16.2. The molecule has 1 heterocycles. The number of imidazole rings is 1. The highest BCUT2D eigenvalue weighted by molar-refractivity contribution is 5.96. The number of nitrogens with one attached hydrogen (secondary N) is 1. The van der Waals surface area contributed by atoms with Crippen LogP contribution in [0.5, 0.6) is 0 Å². The maximum Gasteiger partial charge on any atom is 0.241 e. The molecule has 0 saturated carbocycles. The van der Waals surface area contributed by atoms with Crippen LogP contribution < -0.4 is 11.1 Å². The minimum Gasteiger partial charge on any atom is -0.323 e. The second kappa shape index (κ2) is 6.34. The van der Waals surface area contributed by atoms with E-state index in [0.29, 0.717) is 0 Å². The van der Waals surface area contributed by atoms with Gasteiger partial charge in [0.05, 0.1) is 23.7 Å². The summed E-state index contributed by atoms with van der Waals surface area (Å²) < 4.78 is 1.85. The van der Waals surface area contributed by atoms with Crippen molar-refractivity contribution in [1.82, 2.24) is 9.55 Å². The summed E-state index contributed by atoms with van der Waals surface area (Å²) in [5.74, 6) is -0.0117. The number of anilines is 1. The van der Waals surface area contributed by atoms with Crippen molar-refractivity contribution < 1.29 is 4.79 Å². The molecule has 2 atom stereocenters. The second-order valence-corrected chi connectivity index (χ2v) is 4.89. The Bertz CT molecular complexity index is 565. The molecule has 0 saturated heterocycles. The Hall–Kier alpha value is -2.14. The third-order valence-electron chi connectivity index (χ3n) is 3.50. The maximum atomic E-state index is 12.2. The van der Waals surface area contributed by atoms with Crippen molar-refractivity contribution >= 4 is 11.6 Å². The van der Waals surface area contributed by atoms with Crippen molar-refractivity contribution in [3.8, 4) is 5.69 Å². The quantitative estimate of drug-likeness (QED) is 0.876. The molecule has 106 valence electrons. The number of rotatable bonds is 5. The van der Waals surface area contributed by atoms with E-state index in [0.717, 1.165) is 17.8 Å². The lowest BCUT2D eigenvalue weighted by atomic mass is 9.99. The van der Waals surface area contributed by atoms with E-state index in [1.54, 1.807) is 12.5 Å². The zero-order valence-electron chi connectivity index (χ0n) is 11.8. The number of benzene rings is 1. The molecular weight excluding hydrogens is 252 g/mol. The van der Waals surface area contributed by atoms with Crippen LogP contribution >= 0.6 is 0 Å². The number of amides is 1. The lowest BCUT2D eigenvalue weighted by Crippen LogP contribution is -2.40. The number of aromatic nitrogens is 2. The monoisotopic (exact) mass is 272 g/mol. The van der Waals surface area contributed by atoms with Gasteiger partial charge in [0.1, 0.15) is 0 Å². The molecule has 0 bridgehead atoms. The minimum absolute atomic E-state index is 0.149. The van der Waals surface area contributed by atoms with E-state index in [-0.39, 0.29) is 11.8 Å². The van der Waals surface area contributed by atoms with Gasteiger partial charge in [0.15, 0.2) is 0 Å². The number of para-hydroxylation sites is 2. The van der Waals surface area contributed by atoms with Crippen LogP contribution in [0.15, 0.2) is 43.0 Å². The Kier molecular flexibility index (Phi) is 4.53. The summed E-state index contributed by atoms with van der Waals surface area (Å²) >= 11 is 0. The largest absolute Gasteiger partial charge is 0.323 e. The molecular formula is C15H20N4O. The third kappa shape index (κ3) is 3.05. The van der Waals surface area contributed by atoms with Crippen LogP contribution in [0.3, 0.4) is 0 Å². The standard InChI is InChI=1S/C15H20N4O/c1-3-11(2)14(16)15(20)18-12-6-4-5-7-13(12)19-9-8-17-10-19/h4-11,14H,3,16H2,1-2H3,(H,18,20). The van der Waals surface area contributed by atoms with E-state index >= 15 is 0 Å². The second-order valence-electron chi connectivity index (χ2n) is 4.89. The van der Waals surface area contributed by atoms with Crippen LogP contribution in [-0.4, -0.2) is 21.5 Å². The summed E-state index contributed by atoms with van der Waals surface area (Å²) in [7, 11) is 0. The molecule has 0 radical (unpaired) electrons. The summed E-state index contributed by atoms with van der Waals surface area (Å²) in [6.45, 7) is 4.00. The molecule has 0 aliphatic heterocycles. The first-order valence-corrected chi connectivity index (χ1v) is 6.77. The molecule has 20 heavy (non-hydrogen) atoms. The lowest BCUT2D eigenvalue weighted by molar-refractivity contribution is -0.118. The Balaban J connectivity index is 2.20. The first-order valence-electron chi connectivity index (χ1n) is 6.77. The molecule has 1 amide bonds. The van der Waals surface area contributed by atoms with Gasteiger partial charge in [0.2, 0.25) is 5.91 Å². The fourth-order valence-corrected chi connectivity index (χ4v) is 1.93. The van der Waals surface area contributed by atoms with Crippen LogP contribution in [0.4, 0.5) is 5.69 Å². The van der Waals surface area contributed by atoms with Crippen LogP contribution in [0, 0.1) is 5.92 Å². The smallest absolute Gasteiger partial charge is 0.241 e. The predicted octanol–water partition coefficient (Wildman–Crippen LogP) is 2.18. The Morgan fingerprint density at radius 3 is 2.85 bits per heavy atom. The predicted molar refractivity (Wildman–Crippen MR) is 79.6 cm³/mol. The van der Waals surface area contributed by atoms with E-state index in [1.807, 2.05) is 48.9 Å². The van der Waals surface area contributed by atoms with E-state index in [2.05, 4.69) is 10.3 Å². The Morgan fingerprint density at radius 1 is 1.45 bits per heavy atom. The number of carbonyl (C=O) groups is 1. The molecule has 0 fully saturated rings. The van der Waals surface area contributed by atoms with Gasteiger partial charge in [-0.05, 0) is 18.1 Å². The van der Waals surface area contributed by atoms with Crippen LogP contribution in [0.25, 0.3) is 5.69 Å².